The van der Waals surface area contributed by atoms with Gasteiger partial charge in [-0.2, -0.15) is 0 Å². The lowest BCUT2D eigenvalue weighted by Gasteiger charge is -2.19. The average Bonchev–Trinajstić information content (AvgIpc) is 0.742. The van der Waals surface area contributed by atoms with Crippen LogP contribution in [0.15, 0.2) is 534 Å². The quantitative estimate of drug-likeness (QED) is 0.0998. The summed E-state index contributed by atoms with van der Waals surface area (Å²) in [6, 6.07) is 193. The maximum atomic E-state index is 2.38. The summed E-state index contributed by atoms with van der Waals surface area (Å²) in [5.74, 6) is 0. The Morgan fingerprint density at radius 3 is 0.627 bits per heavy atom. The fraction of sp³-hybridized carbons (Fsp3) is 0. The zero-order valence-electron chi connectivity index (χ0n) is 73.8. The number of hydrogen-bond donors (Lipinski definition) is 0. The molecule has 0 saturated heterocycles. The first kappa shape index (κ1) is 79.9. The highest BCUT2D eigenvalue weighted by Gasteiger charge is 2.24. The molecule has 27 aromatic rings. The molecule has 624 valence electrons. The van der Waals surface area contributed by atoms with Crippen LogP contribution in [0.3, 0.4) is 0 Å². The van der Waals surface area contributed by atoms with E-state index >= 15 is 0 Å². The molecule has 0 amide bonds. The monoisotopic (exact) mass is 1700 g/mol. The molecule has 0 aromatic heterocycles. The third-order valence-electron chi connectivity index (χ3n) is 27.4. The van der Waals surface area contributed by atoms with Gasteiger partial charge in [-0.05, 0) is 269 Å². The molecule has 0 saturated carbocycles. The van der Waals surface area contributed by atoms with Gasteiger partial charge in [0.15, 0.2) is 0 Å². The lowest BCUT2D eigenvalue weighted by atomic mass is 9.84. The highest BCUT2D eigenvalue weighted by Crippen LogP contribution is 2.52. The van der Waals surface area contributed by atoms with Crippen LogP contribution in [0.5, 0.6) is 0 Å². The van der Waals surface area contributed by atoms with Crippen molar-refractivity contribution in [3.8, 4) is 100 Å². The molecule has 0 aliphatic heterocycles. The standard InChI is InChI=1S/C40H26.C34H22.2C30H20/c1-2-12-28(13-3-1)39-34-18-8-10-20-36(34)40(37-21-11-9-19-35(37)39)29-24-22-27(23-25-29)38-26-30-14-4-5-15-31(30)32-16-6-7-17-33(32)38;1-2-12-23(13-3-1)33-28-18-8-10-20-30(28)34(31-21-11-9-19-29(31)33)32-22-24-14-4-5-15-25(24)26-16-6-7-17-27(26)32;1-2-12-22(13-3-1)29-25-16-6-8-18-27(25)30(28-19-9-7-17-26(28)29)24-20-10-14-21-11-4-5-15-23(21)24;1-2-11-22(12-3-1)29-25-14-6-8-16-27(25)30(28-17-9-7-15-26(28)29)24-19-18-21-10-4-5-13-23(21)20-24/h1-26H;1-22H;2*1-20H. The Morgan fingerprint density at radius 1 is 0.0746 bits per heavy atom. The van der Waals surface area contributed by atoms with E-state index in [4.69, 9.17) is 0 Å². The van der Waals surface area contributed by atoms with Gasteiger partial charge in [-0.1, -0.05) is 516 Å². The van der Waals surface area contributed by atoms with Crippen molar-refractivity contribution < 1.29 is 0 Å². The first-order chi connectivity index (χ1) is 66.6. The van der Waals surface area contributed by atoms with Gasteiger partial charge >= 0.3 is 0 Å². The summed E-state index contributed by atoms with van der Waals surface area (Å²) in [7, 11) is 0. The Bertz CT molecular complexity index is 8960. The number of benzene rings is 27. The topological polar surface area (TPSA) is 0 Å². The summed E-state index contributed by atoms with van der Waals surface area (Å²) in [6.45, 7) is 0. The molecule has 134 heavy (non-hydrogen) atoms. The molecule has 0 atom stereocenters. The van der Waals surface area contributed by atoms with Crippen LogP contribution in [0.4, 0.5) is 0 Å². The summed E-state index contributed by atoms with van der Waals surface area (Å²) in [6.07, 6.45) is 0. The van der Waals surface area contributed by atoms with E-state index in [0.717, 1.165) is 0 Å². The van der Waals surface area contributed by atoms with Crippen LogP contribution in [-0.2, 0) is 0 Å². The van der Waals surface area contributed by atoms with Gasteiger partial charge < -0.3 is 0 Å². The van der Waals surface area contributed by atoms with Crippen molar-refractivity contribution in [3.63, 3.8) is 0 Å². The molecule has 0 bridgehead atoms. The third kappa shape index (κ3) is 14.3. The van der Waals surface area contributed by atoms with Crippen LogP contribution in [0.2, 0.25) is 0 Å². The van der Waals surface area contributed by atoms with Crippen LogP contribution in [0, 0.1) is 0 Å². The molecule has 0 heteroatoms. The maximum Gasteiger partial charge on any atom is -0.00199 e. The molecule has 0 fully saturated rings. The molecular weight excluding hydrogens is 1610 g/mol. The molecule has 0 aliphatic rings. The molecule has 0 radical (unpaired) electrons. The number of hydrogen-bond acceptors (Lipinski definition) is 0. The van der Waals surface area contributed by atoms with Gasteiger partial charge in [0.25, 0.3) is 0 Å². The van der Waals surface area contributed by atoms with Gasteiger partial charge in [0, 0.05) is 0 Å². The van der Waals surface area contributed by atoms with Gasteiger partial charge in [-0.3, -0.25) is 0 Å². The molecule has 0 heterocycles. The summed E-state index contributed by atoms with van der Waals surface area (Å²) in [5.41, 5.74) is 23.1. The van der Waals surface area contributed by atoms with E-state index < -0.39 is 0 Å². The van der Waals surface area contributed by atoms with Gasteiger partial charge in [0.1, 0.15) is 0 Å². The van der Waals surface area contributed by atoms with E-state index in [1.807, 2.05) is 0 Å². The maximum absolute atomic E-state index is 2.38. The van der Waals surface area contributed by atoms with Crippen LogP contribution in [0.1, 0.15) is 0 Å². The van der Waals surface area contributed by atoms with Gasteiger partial charge in [0.05, 0.1) is 0 Å². The summed E-state index contributed by atoms with van der Waals surface area (Å²) >= 11 is 0. The van der Waals surface area contributed by atoms with Crippen molar-refractivity contribution in [2.75, 3.05) is 0 Å². The van der Waals surface area contributed by atoms with E-state index in [1.54, 1.807) is 0 Å². The normalized spacial score (nSPS) is 11.4. The second kappa shape index (κ2) is 34.9. The molecule has 0 N–H and O–H groups in total. The van der Waals surface area contributed by atoms with E-state index in [-0.39, 0.29) is 0 Å². The minimum absolute atomic E-state index is 1.24. The minimum Gasteiger partial charge on any atom is -0.0622 e. The molecule has 0 aliphatic carbocycles. The Labute approximate surface area is 779 Å². The molecule has 27 rings (SSSR count). The molecule has 0 nitrogen and oxygen atoms in total. The van der Waals surface area contributed by atoms with E-state index in [2.05, 4.69) is 534 Å². The Balaban J connectivity index is 0.0000000988. The van der Waals surface area contributed by atoms with Gasteiger partial charge in [-0.15, -0.1) is 0 Å². The predicted octanol–water partition coefficient (Wildman–Crippen LogP) is 37.9. The Kier molecular flexibility index (Phi) is 20.8. The first-order valence-corrected chi connectivity index (χ1v) is 46.4. The van der Waals surface area contributed by atoms with Crippen molar-refractivity contribution in [1.82, 2.24) is 0 Å². The van der Waals surface area contributed by atoms with Crippen molar-refractivity contribution in [3.05, 3.63) is 534 Å². The zero-order valence-corrected chi connectivity index (χ0v) is 73.8. The molecule has 0 spiro atoms. The van der Waals surface area contributed by atoms with Crippen molar-refractivity contribution in [1.29, 1.82) is 0 Å². The fourth-order valence-corrected chi connectivity index (χ4v) is 21.5. The van der Waals surface area contributed by atoms with Crippen LogP contribution < -0.4 is 0 Å². The predicted molar refractivity (Wildman–Crippen MR) is 580 cm³/mol. The first-order valence-electron chi connectivity index (χ1n) is 46.4. The number of rotatable bonds is 9. The zero-order chi connectivity index (χ0) is 88.8. The molecule has 0 unspecified atom stereocenters. The van der Waals surface area contributed by atoms with Crippen molar-refractivity contribution in [2.45, 2.75) is 0 Å². The second-order valence-corrected chi connectivity index (χ2v) is 34.9. The van der Waals surface area contributed by atoms with Crippen LogP contribution in [0.25, 0.3) is 251 Å². The van der Waals surface area contributed by atoms with Crippen molar-refractivity contribution >= 4 is 151 Å². The third-order valence-corrected chi connectivity index (χ3v) is 27.4. The second-order valence-electron chi connectivity index (χ2n) is 34.9. The largest absolute Gasteiger partial charge is 0.0622 e. The van der Waals surface area contributed by atoms with E-state index in [1.165, 1.54) is 251 Å². The Morgan fingerprint density at radius 2 is 0.284 bits per heavy atom. The lowest BCUT2D eigenvalue weighted by molar-refractivity contribution is 1.64. The molecule has 27 aromatic carbocycles. The molecular formula is C134H88. The van der Waals surface area contributed by atoms with Gasteiger partial charge in [0.2, 0.25) is 0 Å². The van der Waals surface area contributed by atoms with E-state index in [0.29, 0.717) is 0 Å². The smallest absolute Gasteiger partial charge is 0.00199 e. The van der Waals surface area contributed by atoms with Crippen LogP contribution >= 0.6 is 0 Å². The van der Waals surface area contributed by atoms with Gasteiger partial charge in [-0.25, -0.2) is 0 Å². The highest BCUT2D eigenvalue weighted by molar-refractivity contribution is 6.29. The summed E-state index contributed by atoms with van der Waals surface area (Å²) in [5, 5.41) is 36.1. The SMILES string of the molecule is c1ccc(-c2c3ccccc3c(-c3cc4ccccc4c4ccccc34)c3ccccc23)cc1.c1ccc(-c2c3ccccc3c(-c3ccc(-c4cc5ccccc5c5ccccc45)cc3)c3ccccc23)cc1.c1ccc(-c2c3ccccc3c(-c3ccc4ccccc4c3)c3ccccc23)cc1.c1ccc(-c2c3ccccc3c(-c3cccc4ccccc34)c3ccccc23)cc1. The Hall–Kier alpha value is -17.4. The summed E-state index contributed by atoms with van der Waals surface area (Å²) < 4.78 is 0. The van der Waals surface area contributed by atoms with Crippen molar-refractivity contribution in [2.24, 2.45) is 0 Å². The minimum atomic E-state index is 1.24. The van der Waals surface area contributed by atoms with E-state index in [9.17, 15) is 0 Å². The summed E-state index contributed by atoms with van der Waals surface area (Å²) in [4.78, 5) is 0. The average molecular weight is 1700 g/mol. The highest BCUT2D eigenvalue weighted by atomic mass is 14.3. The van der Waals surface area contributed by atoms with Crippen LogP contribution in [-0.4, -0.2) is 0 Å². The lowest BCUT2D eigenvalue weighted by Crippen LogP contribution is -1.92. The number of fused-ring (bicyclic) bond motifs is 16. The fourth-order valence-electron chi connectivity index (χ4n) is 21.5.